The summed E-state index contributed by atoms with van der Waals surface area (Å²) >= 11 is 0. The SMILES string of the molecule is C=C(C)C(=O)O/C=C/CCCCCCCC. The van der Waals surface area contributed by atoms with Gasteiger partial charge in [0.15, 0.2) is 0 Å². The Kier molecular flexibility index (Phi) is 9.78. The minimum Gasteiger partial charge on any atom is -0.431 e. The standard InChI is InChI=1S/C14H24O2/c1-4-5-6-7-8-9-10-11-12-16-14(15)13(2)3/h11-12H,2,4-10H2,1,3H3/b12-11+. The summed E-state index contributed by atoms with van der Waals surface area (Å²) in [6.07, 6.45) is 12.1. The first-order chi connectivity index (χ1) is 7.68. The highest BCUT2D eigenvalue weighted by Crippen LogP contribution is 2.07. The molecule has 0 aromatic carbocycles. The molecule has 0 aliphatic rings. The van der Waals surface area contributed by atoms with Crippen molar-refractivity contribution in [2.75, 3.05) is 0 Å². The minimum atomic E-state index is -0.348. The van der Waals surface area contributed by atoms with Gasteiger partial charge in [0.1, 0.15) is 0 Å². The summed E-state index contributed by atoms with van der Waals surface area (Å²) < 4.78 is 4.83. The van der Waals surface area contributed by atoms with Gasteiger partial charge in [-0.3, -0.25) is 0 Å². The third kappa shape index (κ3) is 9.50. The van der Waals surface area contributed by atoms with E-state index in [4.69, 9.17) is 4.74 Å². The van der Waals surface area contributed by atoms with Gasteiger partial charge in [-0.25, -0.2) is 4.79 Å². The van der Waals surface area contributed by atoms with E-state index in [-0.39, 0.29) is 5.97 Å². The Hall–Kier alpha value is -1.05. The number of carbonyl (C=O) groups excluding carboxylic acids is 1. The van der Waals surface area contributed by atoms with E-state index >= 15 is 0 Å². The van der Waals surface area contributed by atoms with E-state index in [2.05, 4.69) is 13.5 Å². The number of hydrogen-bond acceptors (Lipinski definition) is 2. The predicted octanol–water partition coefficient (Wildman–Crippen LogP) is 4.37. The Morgan fingerprint density at radius 2 is 1.81 bits per heavy atom. The van der Waals surface area contributed by atoms with Crippen LogP contribution >= 0.6 is 0 Å². The quantitative estimate of drug-likeness (QED) is 0.251. The minimum absolute atomic E-state index is 0.348. The second-order valence-electron chi connectivity index (χ2n) is 4.11. The van der Waals surface area contributed by atoms with Gasteiger partial charge in [0.25, 0.3) is 0 Å². The molecule has 0 saturated carbocycles. The number of allylic oxidation sites excluding steroid dienone is 1. The number of unbranched alkanes of at least 4 members (excludes halogenated alkanes) is 6. The molecule has 2 nitrogen and oxygen atoms in total. The second-order valence-corrected chi connectivity index (χ2v) is 4.11. The predicted molar refractivity (Wildman–Crippen MR) is 68.0 cm³/mol. The van der Waals surface area contributed by atoms with Crippen molar-refractivity contribution >= 4 is 5.97 Å². The van der Waals surface area contributed by atoms with Crippen LogP contribution in [0.5, 0.6) is 0 Å². The van der Waals surface area contributed by atoms with Crippen LogP contribution in [0.2, 0.25) is 0 Å². The largest absolute Gasteiger partial charge is 0.431 e. The molecule has 0 saturated heterocycles. The molecule has 0 unspecified atom stereocenters. The Balaban J connectivity index is 3.28. The summed E-state index contributed by atoms with van der Waals surface area (Å²) in [4.78, 5) is 11.0. The lowest BCUT2D eigenvalue weighted by atomic mass is 10.1. The van der Waals surface area contributed by atoms with Gasteiger partial charge in [-0.2, -0.15) is 0 Å². The molecule has 0 aromatic rings. The molecule has 0 heterocycles. The van der Waals surface area contributed by atoms with Crippen molar-refractivity contribution in [3.8, 4) is 0 Å². The number of carbonyl (C=O) groups is 1. The first kappa shape index (κ1) is 14.9. The molecule has 0 fully saturated rings. The lowest BCUT2D eigenvalue weighted by molar-refractivity contribution is -0.133. The second kappa shape index (κ2) is 10.5. The van der Waals surface area contributed by atoms with Crippen LogP contribution in [0.25, 0.3) is 0 Å². The van der Waals surface area contributed by atoms with E-state index in [1.54, 1.807) is 6.92 Å². The zero-order valence-corrected chi connectivity index (χ0v) is 10.6. The summed E-state index contributed by atoms with van der Waals surface area (Å²) in [6, 6.07) is 0. The monoisotopic (exact) mass is 224 g/mol. The fraction of sp³-hybridized carbons (Fsp3) is 0.643. The summed E-state index contributed by atoms with van der Waals surface area (Å²) in [5.41, 5.74) is 0.434. The molecule has 0 radical (unpaired) electrons. The van der Waals surface area contributed by atoms with Crippen molar-refractivity contribution in [2.45, 2.75) is 58.8 Å². The zero-order valence-electron chi connectivity index (χ0n) is 10.6. The van der Waals surface area contributed by atoms with Crippen LogP contribution in [0.4, 0.5) is 0 Å². The van der Waals surface area contributed by atoms with Gasteiger partial charge in [-0.15, -0.1) is 0 Å². The van der Waals surface area contributed by atoms with Gasteiger partial charge in [0.05, 0.1) is 6.26 Å². The summed E-state index contributed by atoms with van der Waals surface area (Å²) in [5, 5.41) is 0. The molecule has 0 aliphatic carbocycles. The van der Waals surface area contributed by atoms with Crippen LogP contribution in [-0.2, 0) is 9.53 Å². The van der Waals surface area contributed by atoms with Gasteiger partial charge >= 0.3 is 5.97 Å². The molecule has 0 amide bonds. The highest BCUT2D eigenvalue weighted by Gasteiger charge is 1.98. The van der Waals surface area contributed by atoms with E-state index in [0.717, 1.165) is 6.42 Å². The lowest BCUT2D eigenvalue weighted by Crippen LogP contribution is -1.98. The van der Waals surface area contributed by atoms with Crippen LogP contribution in [0, 0.1) is 0 Å². The number of rotatable bonds is 9. The van der Waals surface area contributed by atoms with E-state index in [0.29, 0.717) is 5.57 Å². The lowest BCUT2D eigenvalue weighted by Gasteiger charge is -1.98. The number of ether oxygens (including phenoxy) is 1. The Morgan fingerprint density at radius 3 is 2.44 bits per heavy atom. The average Bonchev–Trinajstić information content (AvgIpc) is 2.26. The average molecular weight is 224 g/mol. The maximum atomic E-state index is 11.0. The molecule has 0 spiro atoms. The van der Waals surface area contributed by atoms with Crippen molar-refractivity contribution in [3.63, 3.8) is 0 Å². The summed E-state index contributed by atoms with van der Waals surface area (Å²) in [6.45, 7) is 7.37. The normalized spacial score (nSPS) is 10.6. The van der Waals surface area contributed by atoms with Gasteiger partial charge in [0, 0.05) is 5.57 Å². The van der Waals surface area contributed by atoms with Crippen molar-refractivity contribution in [1.82, 2.24) is 0 Å². The van der Waals surface area contributed by atoms with Crippen molar-refractivity contribution in [2.24, 2.45) is 0 Å². The fourth-order valence-corrected chi connectivity index (χ4v) is 1.32. The molecule has 2 heteroatoms. The summed E-state index contributed by atoms with van der Waals surface area (Å²) in [5.74, 6) is -0.348. The van der Waals surface area contributed by atoms with E-state index < -0.39 is 0 Å². The molecule has 0 N–H and O–H groups in total. The van der Waals surface area contributed by atoms with E-state index in [1.165, 1.54) is 44.8 Å². The van der Waals surface area contributed by atoms with Gasteiger partial charge in [-0.05, 0) is 25.8 Å². The summed E-state index contributed by atoms with van der Waals surface area (Å²) in [7, 11) is 0. The molecular formula is C14H24O2. The van der Waals surface area contributed by atoms with Crippen LogP contribution in [0.3, 0.4) is 0 Å². The first-order valence-electron chi connectivity index (χ1n) is 6.20. The van der Waals surface area contributed by atoms with Gasteiger partial charge in [0.2, 0.25) is 0 Å². The van der Waals surface area contributed by atoms with Crippen molar-refractivity contribution in [3.05, 3.63) is 24.5 Å². The van der Waals surface area contributed by atoms with Crippen LogP contribution in [0.1, 0.15) is 58.8 Å². The van der Waals surface area contributed by atoms with Crippen molar-refractivity contribution < 1.29 is 9.53 Å². The molecule has 0 atom stereocenters. The van der Waals surface area contributed by atoms with E-state index in [9.17, 15) is 4.79 Å². The van der Waals surface area contributed by atoms with E-state index in [1.807, 2.05) is 6.08 Å². The van der Waals surface area contributed by atoms with Gasteiger partial charge in [-0.1, -0.05) is 45.6 Å². The van der Waals surface area contributed by atoms with Gasteiger partial charge < -0.3 is 4.74 Å². The smallest absolute Gasteiger partial charge is 0.337 e. The maximum absolute atomic E-state index is 11.0. The molecule has 0 rings (SSSR count). The fourth-order valence-electron chi connectivity index (χ4n) is 1.32. The zero-order chi connectivity index (χ0) is 12.2. The van der Waals surface area contributed by atoms with Crippen LogP contribution in [-0.4, -0.2) is 5.97 Å². The molecule has 0 bridgehead atoms. The van der Waals surface area contributed by atoms with Crippen molar-refractivity contribution in [1.29, 1.82) is 0 Å². The molecular weight excluding hydrogens is 200 g/mol. The molecule has 16 heavy (non-hydrogen) atoms. The highest BCUT2D eigenvalue weighted by molar-refractivity contribution is 5.87. The molecule has 92 valence electrons. The Morgan fingerprint density at radius 1 is 1.19 bits per heavy atom. The topological polar surface area (TPSA) is 26.3 Å². The number of hydrogen-bond donors (Lipinski definition) is 0. The third-order valence-electron chi connectivity index (χ3n) is 2.34. The Labute approximate surface area is 99.4 Å². The molecule has 0 aliphatic heterocycles. The number of esters is 1. The van der Waals surface area contributed by atoms with Crippen LogP contribution in [0.15, 0.2) is 24.5 Å². The molecule has 0 aromatic heterocycles. The first-order valence-corrected chi connectivity index (χ1v) is 6.20. The maximum Gasteiger partial charge on any atom is 0.337 e. The van der Waals surface area contributed by atoms with Crippen LogP contribution < -0.4 is 0 Å². The Bertz CT molecular complexity index is 229. The highest BCUT2D eigenvalue weighted by atomic mass is 16.5. The third-order valence-corrected chi connectivity index (χ3v) is 2.34.